The maximum absolute atomic E-state index is 11.0. The van der Waals surface area contributed by atoms with Gasteiger partial charge in [0.15, 0.2) is 0 Å². The average molecular weight is 219 g/mol. The van der Waals surface area contributed by atoms with E-state index in [1.807, 2.05) is 6.07 Å². The van der Waals surface area contributed by atoms with Gasteiger partial charge in [0.1, 0.15) is 5.56 Å². The molecule has 16 heavy (non-hydrogen) atoms. The highest BCUT2D eigenvalue weighted by Crippen LogP contribution is 2.19. The molecule has 0 atom stereocenters. The van der Waals surface area contributed by atoms with Gasteiger partial charge in [-0.1, -0.05) is 0 Å². The summed E-state index contributed by atoms with van der Waals surface area (Å²) in [4.78, 5) is 16.7. The Kier molecular flexibility index (Phi) is 3.84. The van der Waals surface area contributed by atoms with Crippen molar-refractivity contribution in [3.63, 3.8) is 0 Å². The van der Waals surface area contributed by atoms with Gasteiger partial charge in [-0.2, -0.15) is 5.26 Å². The molecule has 0 saturated heterocycles. The molecule has 0 unspecified atom stereocenters. The maximum Gasteiger partial charge on any atom is 0.339 e. The molecule has 1 aromatic rings. The van der Waals surface area contributed by atoms with Crippen LogP contribution < -0.4 is 4.90 Å². The second kappa shape index (κ2) is 5.12. The van der Waals surface area contributed by atoms with Crippen LogP contribution in [0.4, 0.5) is 5.69 Å². The molecule has 1 aromatic heterocycles. The first-order valence-corrected chi connectivity index (χ1v) is 4.84. The minimum atomic E-state index is -1.01. The van der Waals surface area contributed by atoms with E-state index < -0.39 is 5.97 Å². The molecule has 1 heterocycles. The largest absolute Gasteiger partial charge is 0.478 e. The summed E-state index contributed by atoms with van der Waals surface area (Å²) in [5.74, 6) is -1.01. The number of aromatic nitrogens is 1. The van der Waals surface area contributed by atoms with Crippen molar-refractivity contribution in [2.75, 3.05) is 18.5 Å². The number of nitriles is 1. The minimum Gasteiger partial charge on any atom is -0.478 e. The van der Waals surface area contributed by atoms with Crippen LogP contribution in [0.1, 0.15) is 22.5 Å². The molecule has 0 aliphatic carbocycles. The number of nitrogens with zero attached hydrogens (tertiary/aromatic N) is 3. The van der Waals surface area contributed by atoms with E-state index in [0.717, 1.165) is 5.69 Å². The SMILES string of the molecule is Cc1cc(N(C)CCC#N)c(C(=O)O)cn1. The van der Waals surface area contributed by atoms with Crippen LogP contribution in [-0.2, 0) is 0 Å². The van der Waals surface area contributed by atoms with Gasteiger partial charge in [0, 0.05) is 25.5 Å². The molecule has 0 bridgehead atoms. The van der Waals surface area contributed by atoms with E-state index in [0.29, 0.717) is 18.7 Å². The van der Waals surface area contributed by atoms with Gasteiger partial charge in [-0.05, 0) is 13.0 Å². The number of carboxylic acid groups (broad SMARTS) is 1. The van der Waals surface area contributed by atoms with E-state index in [2.05, 4.69) is 4.98 Å². The molecular formula is C11H13N3O2. The monoisotopic (exact) mass is 219 g/mol. The molecule has 0 saturated carbocycles. The van der Waals surface area contributed by atoms with Gasteiger partial charge in [-0.3, -0.25) is 4.98 Å². The number of aromatic carboxylic acids is 1. The van der Waals surface area contributed by atoms with Crippen LogP contribution in [0.2, 0.25) is 0 Å². The van der Waals surface area contributed by atoms with Gasteiger partial charge < -0.3 is 10.0 Å². The molecule has 5 nitrogen and oxygen atoms in total. The molecule has 5 heteroatoms. The van der Waals surface area contributed by atoms with Gasteiger partial charge in [0.05, 0.1) is 18.2 Å². The molecular weight excluding hydrogens is 206 g/mol. The van der Waals surface area contributed by atoms with Gasteiger partial charge >= 0.3 is 5.97 Å². The number of pyridine rings is 1. The lowest BCUT2D eigenvalue weighted by Crippen LogP contribution is -2.21. The predicted molar refractivity (Wildman–Crippen MR) is 59.4 cm³/mol. The van der Waals surface area contributed by atoms with Crippen LogP contribution in [0.25, 0.3) is 0 Å². The van der Waals surface area contributed by atoms with Gasteiger partial charge in [-0.15, -0.1) is 0 Å². The van der Waals surface area contributed by atoms with Crippen LogP contribution in [0.5, 0.6) is 0 Å². The highest BCUT2D eigenvalue weighted by atomic mass is 16.4. The van der Waals surface area contributed by atoms with E-state index in [-0.39, 0.29) is 5.56 Å². The topological polar surface area (TPSA) is 77.2 Å². The Morgan fingerprint density at radius 1 is 1.69 bits per heavy atom. The molecule has 0 amide bonds. The first-order chi connectivity index (χ1) is 7.56. The Labute approximate surface area is 93.9 Å². The number of hydrogen-bond donors (Lipinski definition) is 1. The lowest BCUT2D eigenvalue weighted by molar-refractivity contribution is 0.0697. The zero-order chi connectivity index (χ0) is 12.1. The summed E-state index contributed by atoms with van der Waals surface area (Å²) in [6.07, 6.45) is 1.70. The smallest absolute Gasteiger partial charge is 0.339 e. The van der Waals surface area contributed by atoms with Gasteiger partial charge in [0.2, 0.25) is 0 Å². The summed E-state index contributed by atoms with van der Waals surface area (Å²) in [6, 6.07) is 3.74. The molecule has 84 valence electrons. The lowest BCUT2D eigenvalue weighted by Gasteiger charge is -2.19. The molecule has 1 N–H and O–H groups in total. The van der Waals surface area contributed by atoms with Crippen LogP contribution >= 0.6 is 0 Å². The Morgan fingerprint density at radius 2 is 2.38 bits per heavy atom. The van der Waals surface area contributed by atoms with Crippen molar-refractivity contribution in [2.24, 2.45) is 0 Å². The van der Waals surface area contributed by atoms with Crippen molar-refractivity contribution in [3.8, 4) is 6.07 Å². The Bertz CT molecular complexity index is 437. The summed E-state index contributed by atoms with van der Waals surface area (Å²) in [5, 5.41) is 17.5. The summed E-state index contributed by atoms with van der Waals surface area (Å²) < 4.78 is 0. The fraction of sp³-hybridized carbons (Fsp3) is 0.364. The molecule has 1 rings (SSSR count). The third kappa shape index (κ3) is 2.70. The van der Waals surface area contributed by atoms with Crippen molar-refractivity contribution < 1.29 is 9.90 Å². The number of hydrogen-bond acceptors (Lipinski definition) is 4. The average Bonchev–Trinajstić information content (AvgIpc) is 2.25. The van der Waals surface area contributed by atoms with E-state index in [1.165, 1.54) is 6.20 Å². The van der Waals surface area contributed by atoms with Gasteiger partial charge in [0.25, 0.3) is 0 Å². The normalized spacial score (nSPS) is 9.56. The zero-order valence-corrected chi connectivity index (χ0v) is 9.27. The van der Waals surface area contributed by atoms with E-state index >= 15 is 0 Å². The van der Waals surface area contributed by atoms with Crippen molar-refractivity contribution in [3.05, 3.63) is 23.5 Å². The Balaban J connectivity index is 3.05. The summed E-state index contributed by atoms with van der Waals surface area (Å²) in [5.41, 5.74) is 1.50. The fourth-order valence-corrected chi connectivity index (χ4v) is 1.36. The summed E-state index contributed by atoms with van der Waals surface area (Å²) in [6.45, 7) is 2.30. The Morgan fingerprint density at radius 3 is 2.94 bits per heavy atom. The standard InChI is InChI=1S/C11H13N3O2/c1-8-6-10(14(2)5-3-4-12)9(7-13-8)11(15)16/h6-7H,3,5H2,1-2H3,(H,15,16). The number of carboxylic acids is 1. The van der Waals surface area contributed by atoms with Crippen molar-refractivity contribution in [1.29, 1.82) is 5.26 Å². The summed E-state index contributed by atoms with van der Waals surface area (Å²) >= 11 is 0. The number of anilines is 1. The number of aryl methyl sites for hydroxylation is 1. The van der Waals surface area contributed by atoms with Crippen LogP contribution in [-0.4, -0.2) is 29.7 Å². The second-order valence-corrected chi connectivity index (χ2v) is 3.48. The first-order valence-electron chi connectivity index (χ1n) is 4.84. The number of rotatable bonds is 4. The molecule has 0 fully saturated rings. The predicted octanol–water partition coefficient (Wildman–Crippen LogP) is 1.44. The molecule has 0 aliphatic rings. The van der Waals surface area contributed by atoms with Gasteiger partial charge in [-0.25, -0.2) is 4.79 Å². The van der Waals surface area contributed by atoms with Crippen molar-refractivity contribution in [2.45, 2.75) is 13.3 Å². The molecule has 0 aliphatic heterocycles. The van der Waals surface area contributed by atoms with Crippen LogP contribution in [0.15, 0.2) is 12.3 Å². The third-order valence-electron chi connectivity index (χ3n) is 2.22. The molecule has 0 radical (unpaired) electrons. The second-order valence-electron chi connectivity index (χ2n) is 3.48. The van der Waals surface area contributed by atoms with E-state index in [9.17, 15) is 4.79 Å². The Hall–Kier alpha value is -2.09. The summed E-state index contributed by atoms with van der Waals surface area (Å²) in [7, 11) is 1.76. The molecule has 0 spiro atoms. The quantitative estimate of drug-likeness (QED) is 0.829. The van der Waals surface area contributed by atoms with Crippen LogP contribution in [0, 0.1) is 18.3 Å². The maximum atomic E-state index is 11.0. The molecule has 0 aromatic carbocycles. The van der Waals surface area contributed by atoms with Crippen molar-refractivity contribution in [1.82, 2.24) is 4.98 Å². The zero-order valence-electron chi connectivity index (χ0n) is 9.27. The van der Waals surface area contributed by atoms with E-state index in [1.54, 1.807) is 24.9 Å². The highest BCUT2D eigenvalue weighted by molar-refractivity contribution is 5.94. The fourth-order valence-electron chi connectivity index (χ4n) is 1.36. The highest BCUT2D eigenvalue weighted by Gasteiger charge is 2.13. The first kappa shape index (κ1) is 12.0. The third-order valence-corrected chi connectivity index (χ3v) is 2.22. The lowest BCUT2D eigenvalue weighted by atomic mass is 10.2. The number of carbonyl (C=O) groups is 1. The van der Waals surface area contributed by atoms with Crippen LogP contribution in [0.3, 0.4) is 0 Å². The minimum absolute atomic E-state index is 0.158. The van der Waals surface area contributed by atoms with Crippen molar-refractivity contribution >= 4 is 11.7 Å². The van der Waals surface area contributed by atoms with E-state index in [4.69, 9.17) is 10.4 Å².